The lowest BCUT2D eigenvalue weighted by atomic mass is 10.1. The molecule has 0 aliphatic rings. The molecule has 100 valence electrons. The molecule has 0 radical (unpaired) electrons. The minimum absolute atomic E-state index is 0.651. The molecule has 0 atom stereocenters. The van der Waals surface area contributed by atoms with E-state index in [0.29, 0.717) is 6.54 Å². The van der Waals surface area contributed by atoms with Crippen molar-refractivity contribution in [3.63, 3.8) is 0 Å². The molecule has 1 nitrogen and oxygen atoms in total. The molecule has 0 aliphatic carbocycles. The summed E-state index contributed by atoms with van der Waals surface area (Å²) in [6.45, 7) is 2.80. The summed E-state index contributed by atoms with van der Waals surface area (Å²) < 4.78 is 0. The number of hydrogen-bond acceptors (Lipinski definition) is 2. The molecule has 19 heavy (non-hydrogen) atoms. The predicted octanol–water partition coefficient (Wildman–Crippen LogP) is 4.44. The van der Waals surface area contributed by atoms with Crippen molar-refractivity contribution in [1.29, 1.82) is 0 Å². The summed E-state index contributed by atoms with van der Waals surface area (Å²) in [6.07, 6.45) is 0.872. The maximum Gasteiger partial charge on any atom is 0.0409 e. The van der Waals surface area contributed by atoms with Gasteiger partial charge >= 0.3 is 0 Å². The van der Waals surface area contributed by atoms with Crippen LogP contribution < -0.4 is 5.73 Å². The average molecular weight is 292 g/mol. The molecule has 2 rings (SSSR count). The van der Waals surface area contributed by atoms with Crippen molar-refractivity contribution in [1.82, 2.24) is 0 Å². The SMILES string of the molecule is Cc1ccccc1CSc1ccc(Cl)cc1CCN. The quantitative estimate of drug-likeness (QED) is 0.824. The molecule has 0 spiro atoms. The Bertz CT molecular complexity index is 554. The number of thioether (sulfide) groups is 1. The van der Waals surface area contributed by atoms with Crippen LogP contribution in [0.1, 0.15) is 16.7 Å². The van der Waals surface area contributed by atoms with Gasteiger partial charge in [-0.25, -0.2) is 0 Å². The van der Waals surface area contributed by atoms with Gasteiger partial charge in [-0.3, -0.25) is 0 Å². The van der Waals surface area contributed by atoms with Crippen molar-refractivity contribution < 1.29 is 0 Å². The molecule has 0 saturated carbocycles. The highest BCUT2D eigenvalue weighted by molar-refractivity contribution is 7.98. The van der Waals surface area contributed by atoms with E-state index in [1.165, 1.54) is 21.6 Å². The summed E-state index contributed by atoms with van der Waals surface area (Å²) >= 11 is 7.89. The van der Waals surface area contributed by atoms with E-state index >= 15 is 0 Å². The fourth-order valence-electron chi connectivity index (χ4n) is 1.97. The van der Waals surface area contributed by atoms with Crippen molar-refractivity contribution in [2.75, 3.05) is 6.54 Å². The lowest BCUT2D eigenvalue weighted by Crippen LogP contribution is -2.03. The van der Waals surface area contributed by atoms with E-state index in [2.05, 4.69) is 37.3 Å². The highest BCUT2D eigenvalue weighted by Gasteiger charge is 2.05. The van der Waals surface area contributed by atoms with Crippen molar-refractivity contribution in [2.45, 2.75) is 24.0 Å². The molecule has 2 N–H and O–H groups in total. The molecule has 0 saturated heterocycles. The van der Waals surface area contributed by atoms with Gasteiger partial charge in [0, 0.05) is 15.7 Å². The molecule has 0 aliphatic heterocycles. The predicted molar refractivity (Wildman–Crippen MR) is 85.0 cm³/mol. The fraction of sp³-hybridized carbons (Fsp3) is 0.250. The molecule has 2 aromatic carbocycles. The molecule has 0 bridgehead atoms. The Balaban J connectivity index is 2.13. The van der Waals surface area contributed by atoms with Crippen molar-refractivity contribution in [3.05, 3.63) is 64.2 Å². The highest BCUT2D eigenvalue weighted by atomic mass is 35.5. The van der Waals surface area contributed by atoms with Crippen molar-refractivity contribution >= 4 is 23.4 Å². The standard InChI is InChI=1S/C16H18ClNS/c1-12-4-2-3-5-14(12)11-19-16-7-6-15(17)10-13(16)8-9-18/h2-7,10H,8-9,11,18H2,1H3. The Morgan fingerprint density at radius 1 is 1.11 bits per heavy atom. The van der Waals surface area contributed by atoms with Gasteiger partial charge in [0.05, 0.1) is 0 Å². The topological polar surface area (TPSA) is 26.0 Å². The number of hydrogen-bond donors (Lipinski definition) is 1. The number of nitrogens with two attached hydrogens (primary N) is 1. The lowest BCUT2D eigenvalue weighted by molar-refractivity contribution is 0.944. The minimum atomic E-state index is 0.651. The lowest BCUT2D eigenvalue weighted by Gasteiger charge is -2.10. The Morgan fingerprint density at radius 2 is 1.89 bits per heavy atom. The van der Waals surface area contributed by atoms with E-state index < -0.39 is 0 Å². The number of aryl methyl sites for hydroxylation is 1. The molecule has 0 fully saturated rings. The third-order valence-electron chi connectivity index (χ3n) is 3.08. The van der Waals surface area contributed by atoms with Gasteiger partial charge < -0.3 is 5.73 Å². The summed E-state index contributed by atoms with van der Waals surface area (Å²) in [7, 11) is 0. The van der Waals surface area contributed by atoms with Crippen LogP contribution in [0.25, 0.3) is 0 Å². The van der Waals surface area contributed by atoms with Gasteiger partial charge in [0.25, 0.3) is 0 Å². The number of rotatable bonds is 5. The second-order valence-corrected chi connectivity index (χ2v) is 5.96. The first-order valence-electron chi connectivity index (χ1n) is 6.36. The maximum absolute atomic E-state index is 6.04. The second-order valence-electron chi connectivity index (χ2n) is 4.51. The molecular formula is C16H18ClNS. The maximum atomic E-state index is 6.04. The van der Waals surface area contributed by atoms with Gasteiger partial charge in [-0.15, -0.1) is 11.8 Å². The van der Waals surface area contributed by atoms with Crippen LogP contribution in [0.3, 0.4) is 0 Å². The van der Waals surface area contributed by atoms with Crippen molar-refractivity contribution in [2.24, 2.45) is 5.73 Å². The van der Waals surface area contributed by atoms with E-state index in [1.54, 1.807) is 0 Å². The van der Waals surface area contributed by atoms with Crippen LogP contribution in [-0.2, 0) is 12.2 Å². The van der Waals surface area contributed by atoms with Gasteiger partial charge in [0.2, 0.25) is 0 Å². The zero-order valence-corrected chi connectivity index (χ0v) is 12.6. The highest BCUT2D eigenvalue weighted by Crippen LogP contribution is 2.29. The van der Waals surface area contributed by atoms with Crippen LogP contribution in [0.5, 0.6) is 0 Å². The van der Waals surface area contributed by atoms with E-state index in [-0.39, 0.29) is 0 Å². The van der Waals surface area contributed by atoms with Crippen molar-refractivity contribution in [3.8, 4) is 0 Å². The first-order chi connectivity index (χ1) is 9.20. The third kappa shape index (κ3) is 4.00. The Labute approximate surface area is 124 Å². The van der Waals surface area contributed by atoms with Crippen LogP contribution >= 0.6 is 23.4 Å². The molecule has 2 aromatic rings. The summed E-state index contributed by atoms with van der Waals surface area (Å²) in [4.78, 5) is 1.28. The third-order valence-corrected chi connectivity index (χ3v) is 4.48. The van der Waals surface area contributed by atoms with E-state index in [1.807, 2.05) is 23.9 Å². The second kappa shape index (κ2) is 6.99. The van der Waals surface area contributed by atoms with Gasteiger partial charge in [-0.1, -0.05) is 35.9 Å². The molecule has 0 unspecified atom stereocenters. The summed E-state index contributed by atoms with van der Waals surface area (Å²) in [6, 6.07) is 14.6. The first kappa shape index (κ1) is 14.4. The van der Waals surface area contributed by atoms with Crippen LogP contribution in [0.15, 0.2) is 47.4 Å². The summed E-state index contributed by atoms with van der Waals surface area (Å²) in [5, 5.41) is 0.781. The first-order valence-corrected chi connectivity index (χ1v) is 7.73. The van der Waals surface area contributed by atoms with E-state index in [0.717, 1.165) is 17.2 Å². The normalized spacial score (nSPS) is 10.7. The van der Waals surface area contributed by atoms with Gasteiger partial charge in [-0.05, 0) is 54.8 Å². The van der Waals surface area contributed by atoms with Crippen LogP contribution in [0, 0.1) is 6.92 Å². The zero-order valence-electron chi connectivity index (χ0n) is 11.0. The van der Waals surface area contributed by atoms with Gasteiger partial charge in [0.1, 0.15) is 0 Å². The van der Waals surface area contributed by atoms with Crippen LogP contribution in [0.4, 0.5) is 0 Å². The molecular weight excluding hydrogens is 274 g/mol. The fourth-order valence-corrected chi connectivity index (χ4v) is 3.31. The average Bonchev–Trinajstić information content (AvgIpc) is 2.40. The molecule has 3 heteroatoms. The summed E-state index contributed by atoms with van der Waals surface area (Å²) in [5.41, 5.74) is 9.62. The van der Waals surface area contributed by atoms with Crippen LogP contribution in [-0.4, -0.2) is 6.54 Å². The van der Waals surface area contributed by atoms with E-state index in [4.69, 9.17) is 17.3 Å². The van der Waals surface area contributed by atoms with Gasteiger partial charge in [-0.2, -0.15) is 0 Å². The smallest absolute Gasteiger partial charge is 0.0409 e. The Kier molecular flexibility index (Phi) is 5.32. The number of benzene rings is 2. The molecule has 0 heterocycles. The van der Waals surface area contributed by atoms with E-state index in [9.17, 15) is 0 Å². The Hall–Kier alpha value is -0.960. The summed E-state index contributed by atoms with van der Waals surface area (Å²) in [5.74, 6) is 0.978. The molecule has 0 amide bonds. The van der Waals surface area contributed by atoms with Crippen LogP contribution in [0.2, 0.25) is 5.02 Å². The largest absolute Gasteiger partial charge is 0.330 e. The zero-order chi connectivity index (χ0) is 13.7. The van der Waals surface area contributed by atoms with Gasteiger partial charge in [0.15, 0.2) is 0 Å². The number of halogens is 1. The molecule has 0 aromatic heterocycles. The Morgan fingerprint density at radius 3 is 2.63 bits per heavy atom. The monoisotopic (exact) mass is 291 g/mol. The minimum Gasteiger partial charge on any atom is -0.330 e.